The fourth-order valence-corrected chi connectivity index (χ4v) is 6.90. The normalized spacial score (nSPS) is 28.1. The van der Waals surface area contributed by atoms with E-state index in [0.29, 0.717) is 11.8 Å². The number of para-hydroxylation sites is 2. The molecular formula is C29H27NO. The second kappa shape index (κ2) is 6.50. The molecule has 2 aliphatic carbocycles. The van der Waals surface area contributed by atoms with E-state index in [1.54, 1.807) is 5.57 Å². The Bertz CT molecular complexity index is 1200. The lowest BCUT2D eigenvalue weighted by Gasteiger charge is -2.55. The molecule has 0 unspecified atom stereocenters. The molecule has 0 amide bonds. The summed E-state index contributed by atoms with van der Waals surface area (Å²) in [5.41, 5.74) is 8.37. The summed E-state index contributed by atoms with van der Waals surface area (Å²) in [5.74, 6) is 1.95. The molecule has 2 nitrogen and oxygen atoms in total. The highest BCUT2D eigenvalue weighted by molar-refractivity contribution is 5.90. The molecule has 3 aromatic carbocycles. The highest BCUT2D eigenvalue weighted by Crippen LogP contribution is 2.63. The number of aryl methyl sites for hydroxylation is 1. The van der Waals surface area contributed by atoms with Crippen LogP contribution in [0.25, 0.3) is 5.70 Å². The molecule has 2 heteroatoms. The lowest BCUT2D eigenvalue weighted by atomic mass is 9.63. The molecule has 154 valence electrons. The maximum absolute atomic E-state index is 7.01. The zero-order chi connectivity index (χ0) is 20.4. The van der Waals surface area contributed by atoms with Gasteiger partial charge in [0.2, 0.25) is 0 Å². The number of anilines is 1. The first kappa shape index (κ1) is 17.7. The number of benzene rings is 3. The minimum absolute atomic E-state index is 0.272. The molecule has 0 radical (unpaired) electrons. The van der Waals surface area contributed by atoms with Crippen LogP contribution in [-0.2, 0) is 6.42 Å². The highest BCUT2D eigenvalue weighted by atomic mass is 16.5. The van der Waals surface area contributed by atoms with Gasteiger partial charge in [0.15, 0.2) is 5.72 Å². The molecule has 7 rings (SSSR count). The van der Waals surface area contributed by atoms with E-state index >= 15 is 0 Å². The Balaban J connectivity index is 1.56. The first-order valence-electron chi connectivity index (χ1n) is 11.8. The summed E-state index contributed by atoms with van der Waals surface area (Å²) in [6.07, 6.45) is 7.11. The SMILES string of the molecule is c1ccc([C@H]2C3=C(c4ccccc4CC3)N3c4ccccc4O[C@@]34CCCC[C@H]24)cc1. The van der Waals surface area contributed by atoms with Crippen molar-refractivity contribution in [2.75, 3.05) is 4.90 Å². The number of hydrogen-bond acceptors (Lipinski definition) is 2. The summed E-state index contributed by atoms with van der Waals surface area (Å²) in [6, 6.07) is 29.0. The minimum atomic E-state index is -0.272. The summed E-state index contributed by atoms with van der Waals surface area (Å²) < 4.78 is 7.01. The molecule has 3 atom stereocenters. The molecule has 0 saturated heterocycles. The van der Waals surface area contributed by atoms with Crippen LogP contribution < -0.4 is 9.64 Å². The van der Waals surface area contributed by atoms with Gasteiger partial charge in [-0.25, -0.2) is 0 Å². The molecule has 0 N–H and O–H groups in total. The van der Waals surface area contributed by atoms with Crippen LogP contribution in [-0.4, -0.2) is 5.72 Å². The lowest BCUT2D eigenvalue weighted by molar-refractivity contribution is -0.0148. The average Bonchev–Trinajstić information content (AvgIpc) is 3.16. The topological polar surface area (TPSA) is 12.5 Å². The van der Waals surface area contributed by atoms with Crippen molar-refractivity contribution >= 4 is 11.4 Å². The summed E-state index contributed by atoms with van der Waals surface area (Å²) in [7, 11) is 0. The lowest BCUT2D eigenvalue weighted by Crippen LogP contribution is -2.60. The van der Waals surface area contributed by atoms with Crippen LogP contribution in [0, 0.1) is 5.92 Å². The number of rotatable bonds is 1. The van der Waals surface area contributed by atoms with Gasteiger partial charge < -0.3 is 4.74 Å². The zero-order valence-corrected chi connectivity index (χ0v) is 17.8. The van der Waals surface area contributed by atoms with Gasteiger partial charge in [-0.3, -0.25) is 4.90 Å². The molecule has 1 fully saturated rings. The van der Waals surface area contributed by atoms with Crippen molar-refractivity contribution in [2.45, 2.75) is 50.2 Å². The third kappa shape index (κ3) is 2.34. The Morgan fingerprint density at radius 2 is 1.61 bits per heavy atom. The largest absolute Gasteiger partial charge is 0.465 e. The molecule has 1 saturated carbocycles. The van der Waals surface area contributed by atoms with E-state index in [4.69, 9.17) is 4.74 Å². The molecule has 1 spiro atoms. The molecule has 2 heterocycles. The van der Waals surface area contributed by atoms with Gasteiger partial charge >= 0.3 is 0 Å². The van der Waals surface area contributed by atoms with Gasteiger partial charge in [-0.15, -0.1) is 0 Å². The quantitative estimate of drug-likeness (QED) is 0.435. The monoisotopic (exact) mass is 405 g/mol. The first-order valence-corrected chi connectivity index (χ1v) is 11.8. The number of allylic oxidation sites excluding steroid dienone is 1. The fourth-order valence-electron chi connectivity index (χ4n) is 6.90. The van der Waals surface area contributed by atoms with Crippen LogP contribution in [0.2, 0.25) is 0 Å². The van der Waals surface area contributed by atoms with Crippen molar-refractivity contribution in [3.05, 3.63) is 101 Å². The Morgan fingerprint density at radius 3 is 2.55 bits per heavy atom. The number of nitrogens with zero attached hydrogens (tertiary/aromatic N) is 1. The Hall–Kier alpha value is -3.00. The zero-order valence-electron chi connectivity index (χ0n) is 17.8. The van der Waals surface area contributed by atoms with Gasteiger partial charge in [0.25, 0.3) is 0 Å². The van der Waals surface area contributed by atoms with Crippen molar-refractivity contribution in [2.24, 2.45) is 5.92 Å². The highest BCUT2D eigenvalue weighted by Gasteiger charge is 2.60. The predicted octanol–water partition coefficient (Wildman–Crippen LogP) is 6.93. The molecule has 31 heavy (non-hydrogen) atoms. The van der Waals surface area contributed by atoms with Crippen molar-refractivity contribution in [3.8, 4) is 5.75 Å². The van der Waals surface area contributed by atoms with Gasteiger partial charge in [0, 0.05) is 23.8 Å². The van der Waals surface area contributed by atoms with E-state index < -0.39 is 0 Å². The smallest absolute Gasteiger partial charge is 0.191 e. The number of fused-ring (bicyclic) bond motifs is 5. The number of ether oxygens (including phenoxy) is 1. The van der Waals surface area contributed by atoms with Crippen molar-refractivity contribution < 1.29 is 4.74 Å². The Labute approximate surface area is 184 Å². The summed E-state index contributed by atoms with van der Waals surface area (Å²) in [6.45, 7) is 0. The van der Waals surface area contributed by atoms with Crippen LogP contribution in [0.15, 0.2) is 84.4 Å². The van der Waals surface area contributed by atoms with Gasteiger partial charge in [-0.2, -0.15) is 0 Å². The first-order chi connectivity index (χ1) is 15.4. The molecular weight excluding hydrogens is 378 g/mol. The average molecular weight is 406 g/mol. The molecule has 0 bridgehead atoms. The van der Waals surface area contributed by atoms with E-state index in [-0.39, 0.29) is 5.72 Å². The Kier molecular flexibility index (Phi) is 3.70. The van der Waals surface area contributed by atoms with E-state index in [0.717, 1.165) is 25.0 Å². The van der Waals surface area contributed by atoms with E-state index in [1.807, 2.05) is 0 Å². The van der Waals surface area contributed by atoms with Gasteiger partial charge in [-0.05, 0) is 54.5 Å². The van der Waals surface area contributed by atoms with Crippen LogP contribution in [0.1, 0.15) is 54.7 Å². The van der Waals surface area contributed by atoms with Crippen molar-refractivity contribution in [1.29, 1.82) is 0 Å². The Morgan fingerprint density at radius 1 is 0.806 bits per heavy atom. The van der Waals surface area contributed by atoms with E-state index in [1.165, 1.54) is 47.3 Å². The third-order valence-electron chi connectivity index (χ3n) is 8.05. The van der Waals surface area contributed by atoms with E-state index in [2.05, 4.69) is 83.8 Å². The molecule has 0 aromatic heterocycles. The van der Waals surface area contributed by atoms with Crippen LogP contribution in [0.3, 0.4) is 0 Å². The third-order valence-corrected chi connectivity index (χ3v) is 8.05. The van der Waals surface area contributed by atoms with Gasteiger partial charge in [-0.1, -0.05) is 73.2 Å². The fraction of sp³-hybridized carbons (Fsp3) is 0.310. The van der Waals surface area contributed by atoms with Crippen LogP contribution >= 0.6 is 0 Å². The summed E-state index contributed by atoms with van der Waals surface area (Å²) in [4.78, 5) is 2.64. The summed E-state index contributed by atoms with van der Waals surface area (Å²) >= 11 is 0. The van der Waals surface area contributed by atoms with Crippen LogP contribution in [0.4, 0.5) is 5.69 Å². The van der Waals surface area contributed by atoms with Crippen LogP contribution in [0.5, 0.6) is 5.75 Å². The minimum Gasteiger partial charge on any atom is -0.465 e. The second-order valence-corrected chi connectivity index (χ2v) is 9.52. The standard InChI is InChI=1S/C29H27NO/c1-2-11-21(12-3-1)27-23-18-17-20-10-4-5-13-22(20)28(23)30-25-15-6-7-16-26(25)31-29(30)19-9-8-14-24(27)29/h1-7,10-13,15-16,24,27H,8-9,14,17-19H2/t24-,27+,29-/m1/s1. The summed E-state index contributed by atoms with van der Waals surface area (Å²) in [5, 5.41) is 0. The maximum Gasteiger partial charge on any atom is 0.191 e. The maximum atomic E-state index is 7.01. The second-order valence-electron chi connectivity index (χ2n) is 9.52. The predicted molar refractivity (Wildman–Crippen MR) is 125 cm³/mol. The molecule has 4 aliphatic rings. The van der Waals surface area contributed by atoms with Gasteiger partial charge in [0.1, 0.15) is 5.75 Å². The van der Waals surface area contributed by atoms with Crippen molar-refractivity contribution in [3.63, 3.8) is 0 Å². The van der Waals surface area contributed by atoms with Crippen molar-refractivity contribution in [1.82, 2.24) is 0 Å². The molecule has 2 aliphatic heterocycles. The van der Waals surface area contributed by atoms with E-state index in [9.17, 15) is 0 Å². The molecule has 3 aromatic rings. The van der Waals surface area contributed by atoms with Gasteiger partial charge in [0.05, 0.1) is 11.4 Å². The number of hydrogen-bond donors (Lipinski definition) is 0.